The van der Waals surface area contributed by atoms with Crippen LogP contribution in [0.3, 0.4) is 0 Å². The zero-order chi connectivity index (χ0) is 2.71. The second kappa shape index (κ2) is 9.18. The normalized spacial score (nSPS) is 5.50. The van der Waals surface area contributed by atoms with Crippen LogP contribution in [0.15, 0.2) is 0 Å². The summed E-state index contributed by atoms with van der Waals surface area (Å²) in [5.74, 6) is 0. The van der Waals surface area contributed by atoms with E-state index in [1.165, 1.54) is 0 Å². The quantitative estimate of drug-likeness (QED) is 0.582. The van der Waals surface area contributed by atoms with Crippen LogP contribution in [0.25, 0.3) is 0 Å². The molecular formula is H2BaCl2Cu. The van der Waals surface area contributed by atoms with Crippen LogP contribution in [0.2, 0.25) is 0 Å². The van der Waals surface area contributed by atoms with Gasteiger partial charge in [-0.15, -0.1) is 0 Å². The van der Waals surface area contributed by atoms with Crippen LogP contribution in [0, 0.1) is 0 Å². The zero-order valence-electron chi connectivity index (χ0n) is 3.76. The zero-order valence-corrected chi connectivity index (χ0v) is 8.66. The molecule has 0 aliphatic carbocycles. The predicted octanol–water partition coefficient (Wildman–Crippen LogP) is 1.22. The fourth-order valence-corrected chi connectivity index (χ4v) is 0. The van der Waals surface area contributed by atoms with Gasteiger partial charge in [-0.05, 0) is 0 Å². The second-order valence-electron chi connectivity index (χ2n) is 0.0431. The van der Waals surface area contributed by atoms with Crippen LogP contribution in [-0.4, -0.2) is 48.9 Å². The van der Waals surface area contributed by atoms with E-state index in [9.17, 15) is 0 Å². The van der Waals surface area contributed by atoms with Gasteiger partial charge < -0.3 is 2.85 Å². The SMILES string of the molecule is [Ba+2].[Cl][Cu][Cl].[H-].[H-]. The number of halogens is 2. The first-order valence-corrected chi connectivity index (χ1v) is 2.82. The molecule has 0 unspecified atom stereocenters. The summed E-state index contributed by atoms with van der Waals surface area (Å²) in [7, 11) is 9.34. The Morgan fingerprint density at radius 1 is 1.50 bits per heavy atom. The summed E-state index contributed by atoms with van der Waals surface area (Å²) in [5.41, 5.74) is 0. The van der Waals surface area contributed by atoms with E-state index in [1.54, 1.807) is 0 Å². The summed E-state index contributed by atoms with van der Waals surface area (Å²) in [4.78, 5) is 0. The average Bonchev–Trinajstić information content (AvgIpc) is 0.918. The van der Waals surface area contributed by atoms with Crippen molar-refractivity contribution >= 4 is 69.1 Å². The summed E-state index contributed by atoms with van der Waals surface area (Å²) >= 11 is 0.757. The van der Waals surface area contributed by atoms with E-state index in [0.717, 1.165) is 13.1 Å². The Morgan fingerprint density at radius 3 is 1.50 bits per heavy atom. The summed E-state index contributed by atoms with van der Waals surface area (Å²) in [6.45, 7) is 0. The van der Waals surface area contributed by atoms with Gasteiger partial charge in [-0.1, -0.05) is 0 Å². The van der Waals surface area contributed by atoms with E-state index in [1.807, 2.05) is 0 Å². The molecule has 0 spiro atoms. The van der Waals surface area contributed by atoms with E-state index in [0.29, 0.717) is 0 Å². The number of hydrogen-bond donors (Lipinski definition) is 0. The molecule has 0 radical (unpaired) electrons. The average molecular weight is 274 g/mol. The fourth-order valence-electron chi connectivity index (χ4n) is 0. The maximum atomic E-state index is 4.67. The molecule has 0 fully saturated rings. The Kier molecular flexibility index (Phi) is 22.6. The minimum atomic E-state index is 0. The van der Waals surface area contributed by atoms with Gasteiger partial charge in [-0.2, -0.15) is 0 Å². The van der Waals surface area contributed by atoms with Gasteiger partial charge in [-0.25, -0.2) is 0 Å². The van der Waals surface area contributed by atoms with Gasteiger partial charge in [0.05, 0.1) is 0 Å². The van der Waals surface area contributed by atoms with E-state index in [-0.39, 0.29) is 51.7 Å². The molecule has 0 aliphatic heterocycles. The molecule has 4 heavy (non-hydrogen) atoms. The maximum absolute atomic E-state index is 4.67. The van der Waals surface area contributed by atoms with Crippen molar-refractivity contribution < 1.29 is 16.0 Å². The second-order valence-corrected chi connectivity index (χ2v) is 1.60. The predicted molar refractivity (Wildman–Crippen MR) is 19.7 cm³/mol. The van der Waals surface area contributed by atoms with Crippen LogP contribution < -0.4 is 0 Å². The first-order chi connectivity index (χ1) is 1.41. The van der Waals surface area contributed by atoms with Gasteiger partial charge in [0.15, 0.2) is 0 Å². The molecule has 0 aromatic heterocycles. The van der Waals surface area contributed by atoms with Gasteiger partial charge in [0.25, 0.3) is 0 Å². The van der Waals surface area contributed by atoms with Gasteiger partial charge >= 0.3 is 82.2 Å². The van der Waals surface area contributed by atoms with E-state index >= 15 is 0 Å². The first kappa shape index (κ1) is 9.83. The number of rotatable bonds is 0. The third kappa shape index (κ3) is 8.82. The molecule has 0 nitrogen and oxygen atoms in total. The topological polar surface area (TPSA) is 0 Å². The van der Waals surface area contributed by atoms with Crippen molar-refractivity contribution in [2.45, 2.75) is 0 Å². The molecule has 0 saturated heterocycles. The molecule has 4 heteroatoms. The van der Waals surface area contributed by atoms with Crippen molar-refractivity contribution in [2.75, 3.05) is 0 Å². The standard InChI is InChI=1S/Ba.2ClH.Cu.2H/h;2*1H;;;/q+2;;;+2;2*-1/p-2. The Balaban J connectivity index is -0.00000000667. The van der Waals surface area contributed by atoms with Crippen molar-refractivity contribution in [3.8, 4) is 0 Å². The summed E-state index contributed by atoms with van der Waals surface area (Å²) in [6, 6.07) is 0. The molecular weight excluding hydrogens is 272 g/mol. The molecule has 0 saturated carbocycles. The fraction of sp³-hybridized carbons (Fsp3) is 0. The van der Waals surface area contributed by atoms with Crippen LogP contribution >= 0.6 is 20.2 Å². The Hall–Kier alpha value is 2.67. The minimum Gasteiger partial charge on any atom is -1.00 e. The van der Waals surface area contributed by atoms with Crippen molar-refractivity contribution in [1.82, 2.24) is 0 Å². The molecule has 0 aromatic rings. The van der Waals surface area contributed by atoms with Crippen LogP contribution in [0.4, 0.5) is 0 Å². The maximum Gasteiger partial charge on any atom is -1.00 e. The van der Waals surface area contributed by atoms with E-state index in [4.69, 9.17) is 0 Å². The van der Waals surface area contributed by atoms with E-state index in [2.05, 4.69) is 20.2 Å². The largest absolute Gasteiger partial charge is 1.00 e. The van der Waals surface area contributed by atoms with Gasteiger partial charge in [0.2, 0.25) is 0 Å². The number of hydrogen-bond acceptors (Lipinski definition) is 0. The molecule has 0 aromatic carbocycles. The molecule has 0 atom stereocenters. The van der Waals surface area contributed by atoms with Crippen LogP contribution in [-0.2, 0) is 13.1 Å². The van der Waals surface area contributed by atoms with Crippen molar-refractivity contribution in [3.63, 3.8) is 0 Å². The molecule has 29 valence electrons. The van der Waals surface area contributed by atoms with Crippen LogP contribution in [0.5, 0.6) is 0 Å². The third-order valence-electron chi connectivity index (χ3n) is 0. The molecule has 0 bridgehead atoms. The van der Waals surface area contributed by atoms with Gasteiger partial charge in [-0.3, -0.25) is 0 Å². The Bertz CT molecular complexity index is 11.5. The van der Waals surface area contributed by atoms with E-state index < -0.39 is 0 Å². The molecule has 0 N–H and O–H groups in total. The summed E-state index contributed by atoms with van der Waals surface area (Å²) in [5, 5.41) is 0. The first-order valence-electron chi connectivity index (χ1n) is 0.228. The third-order valence-corrected chi connectivity index (χ3v) is 0. The monoisotopic (exact) mass is 273 g/mol. The van der Waals surface area contributed by atoms with Crippen molar-refractivity contribution in [2.24, 2.45) is 0 Å². The minimum absolute atomic E-state index is 0. The smallest absolute Gasteiger partial charge is 1.00 e. The molecule has 0 rings (SSSR count). The molecule has 0 aliphatic rings. The Labute approximate surface area is 83.3 Å². The van der Waals surface area contributed by atoms with Gasteiger partial charge in [0, 0.05) is 0 Å². The molecule has 0 heterocycles. The van der Waals surface area contributed by atoms with Gasteiger partial charge in [0.1, 0.15) is 0 Å². The molecule has 0 amide bonds. The Morgan fingerprint density at radius 2 is 1.50 bits per heavy atom. The summed E-state index contributed by atoms with van der Waals surface area (Å²) < 4.78 is 0. The van der Waals surface area contributed by atoms with Crippen molar-refractivity contribution in [3.05, 3.63) is 0 Å². The summed E-state index contributed by atoms with van der Waals surface area (Å²) in [6.07, 6.45) is 0. The van der Waals surface area contributed by atoms with Crippen LogP contribution in [0.1, 0.15) is 2.85 Å². The van der Waals surface area contributed by atoms with Crippen molar-refractivity contribution in [1.29, 1.82) is 0 Å².